The van der Waals surface area contributed by atoms with Crippen LogP contribution in [0.2, 0.25) is 0 Å². The highest BCUT2D eigenvalue weighted by Crippen LogP contribution is 2.06. The molecule has 13 nitrogen and oxygen atoms in total. The SMILES string of the molecule is CSCCC(NC(=O)C(CCC(=O)O)NC(=O)C(NC(=O)C(N)CCCCN)C(C)O)C(=O)O. The molecule has 0 aliphatic carbocycles. The zero-order valence-corrected chi connectivity index (χ0v) is 20.3. The van der Waals surface area contributed by atoms with Gasteiger partial charge in [-0.15, -0.1) is 0 Å². The van der Waals surface area contributed by atoms with E-state index in [1.165, 1.54) is 18.7 Å². The lowest BCUT2D eigenvalue weighted by atomic mass is 10.1. The van der Waals surface area contributed by atoms with Gasteiger partial charge in [0.1, 0.15) is 18.1 Å². The second-order valence-electron chi connectivity index (χ2n) is 7.79. The Morgan fingerprint density at radius 2 is 1.50 bits per heavy atom. The molecule has 0 aliphatic heterocycles. The molecule has 0 aromatic heterocycles. The average molecular weight is 508 g/mol. The Morgan fingerprint density at radius 3 is 2.00 bits per heavy atom. The van der Waals surface area contributed by atoms with Crippen LogP contribution in [0.5, 0.6) is 0 Å². The summed E-state index contributed by atoms with van der Waals surface area (Å²) in [6.07, 6.45) is 1.27. The molecule has 5 unspecified atom stereocenters. The molecule has 0 fully saturated rings. The molecule has 34 heavy (non-hydrogen) atoms. The van der Waals surface area contributed by atoms with E-state index in [2.05, 4.69) is 16.0 Å². The number of hydrogen-bond donors (Lipinski definition) is 8. The summed E-state index contributed by atoms with van der Waals surface area (Å²) in [6, 6.07) is -5.06. The Kier molecular flexibility index (Phi) is 15.9. The van der Waals surface area contributed by atoms with Gasteiger partial charge < -0.3 is 42.7 Å². The van der Waals surface area contributed by atoms with E-state index in [9.17, 15) is 34.2 Å². The maximum Gasteiger partial charge on any atom is 0.326 e. The van der Waals surface area contributed by atoms with Gasteiger partial charge in [0.2, 0.25) is 17.7 Å². The van der Waals surface area contributed by atoms with Crippen LogP contribution in [-0.2, 0) is 24.0 Å². The van der Waals surface area contributed by atoms with E-state index in [0.717, 1.165) is 0 Å². The topological polar surface area (TPSA) is 234 Å². The van der Waals surface area contributed by atoms with Crippen molar-refractivity contribution in [3.63, 3.8) is 0 Å². The number of aliphatic carboxylic acids is 2. The second kappa shape index (κ2) is 17.1. The zero-order valence-electron chi connectivity index (χ0n) is 19.5. The quantitative estimate of drug-likeness (QED) is 0.0943. The standard InChI is InChI=1S/C20H37N5O8S/c1-11(26)16(25-17(29)12(22)5-3-4-9-21)19(31)23-13(6-7-15(27)28)18(30)24-14(20(32)33)8-10-34-2/h11-14,16,26H,3-10,21-22H2,1-2H3,(H,23,31)(H,24,30)(H,25,29)(H,27,28)(H,32,33). The molecule has 3 amide bonds. The van der Waals surface area contributed by atoms with Gasteiger partial charge in [-0.25, -0.2) is 4.79 Å². The number of thioether (sulfide) groups is 1. The Balaban J connectivity index is 5.38. The van der Waals surface area contributed by atoms with E-state index in [-0.39, 0.29) is 12.8 Å². The predicted molar refractivity (Wildman–Crippen MR) is 126 cm³/mol. The lowest BCUT2D eigenvalue weighted by Gasteiger charge is -2.26. The summed E-state index contributed by atoms with van der Waals surface area (Å²) in [7, 11) is 0. The fourth-order valence-corrected chi connectivity index (χ4v) is 3.34. The molecule has 0 bridgehead atoms. The van der Waals surface area contributed by atoms with Gasteiger partial charge in [-0.05, 0) is 51.2 Å². The first-order valence-corrected chi connectivity index (χ1v) is 12.3. The molecule has 14 heteroatoms. The Morgan fingerprint density at radius 1 is 0.882 bits per heavy atom. The van der Waals surface area contributed by atoms with E-state index >= 15 is 0 Å². The molecule has 196 valence electrons. The second-order valence-corrected chi connectivity index (χ2v) is 8.78. The number of carbonyl (C=O) groups excluding carboxylic acids is 3. The van der Waals surface area contributed by atoms with Crippen LogP contribution in [0.15, 0.2) is 0 Å². The number of nitrogens with two attached hydrogens (primary N) is 2. The number of unbranched alkanes of at least 4 members (excludes halogenated alkanes) is 1. The summed E-state index contributed by atoms with van der Waals surface area (Å²) in [5.74, 6) is -4.58. The first kappa shape index (κ1) is 31.6. The van der Waals surface area contributed by atoms with Crippen molar-refractivity contribution in [1.29, 1.82) is 0 Å². The Labute approximate surface area is 202 Å². The number of hydrogen-bond acceptors (Lipinski definition) is 9. The van der Waals surface area contributed by atoms with Crippen LogP contribution in [0, 0.1) is 0 Å². The van der Waals surface area contributed by atoms with Gasteiger partial charge in [0, 0.05) is 6.42 Å². The van der Waals surface area contributed by atoms with E-state index in [1.807, 2.05) is 0 Å². The van der Waals surface area contributed by atoms with Crippen molar-refractivity contribution in [2.45, 2.75) is 75.7 Å². The van der Waals surface area contributed by atoms with E-state index in [0.29, 0.717) is 31.6 Å². The normalized spacial score (nSPS) is 15.3. The summed E-state index contributed by atoms with van der Waals surface area (Å²) in [5, 5.41) is 35.2. The lowest BCUT2D eigenvalue weighted by Crippen LogP contribution is -2.59. The van der Waals surface area contributed by atoms with Crippen LogP contribution >= 0.6 is 11.8 Å². The molecule has 0 spiro atoms. The number of rotatable bonds is 18. The minimum absolute atomic E-state index is 0.121. The van der Waals surface area contributed by atoms with E-state index < -0.39 is 66.4 Å². The number of amides is 3. The largest absolute Gasteiger partial charge is 0.481 e. The summed E-state index contributed by atoms with van der Waals surface area (Å²) in [4.78, 5) is 60.2. The van der Waals surface area contributed by atoms with E-state index in [1.54, 1.807) is 6.26 Å². The van der Waals surface area contributed by atoms with Crippen LogP contribution in [0.25, 0.3) is 0 Å². The third-order valence-electron chi connectivity index (χ3n) is 4.87. The molecule has 0 saturated heterocycles. The van der Waals surface area contributed by atoms with Gasteiger partial charge >= 0.3 is 11.9 Å². The van der Waals surface area contributed by atoms with Crippen molar-refractivity contribution in [2.24, 2.45) is 11.5 Å². The minimum atomic E-state index is -1.47. The average Bonchev–Trinajstić information content (AvgIpc) is 2.76. The Hall–Kier alpha value is -2.42. The third kappa shape index (κ3) is 12.7. The summed E-state index contributed by atoms with van der Waals surface area (Å²) in [5.41, 5.74) is 11.2. The van der Waals surface area contributed by atoms with Crippen LogP contribution in [0.1, 0.15) is 45.4 Å². The number of nitrogens with one attached hydrogen (secondary N) is 3. The number of carbonyl (C=O) groups is 5. The lowest BCUT2D eigenvalue weighted by molar-refractivity contribution is -0.143. The number of aliphatic hydroxyl groups is 1. The summed E-state index contributed by atoms with van der Waals surface area (Å²) >= 11 is 1.38. The van der Waals surface area contributed by atoms with Gasteiger partial charge in [-0.3, -0.25) is 19.2 Å². The third-order valence-corrected chi connectivity index (χ3v) is 5.52. The van der Waals surface area contributed by atoms with Gasteiger partial charge in [-0.2, -0.15) is 11.8 Å². The number of carboxylic acid groups (broad SMARTS) is 2. The van der Waals surface area contributed by atoms with E-state index in [4.69, 9.17) is 16.6 Å². The molecule has 10 N–H and O–H groups in total. The smallest absolute Gasteiger partial charge is 0.326 e. The van der Waals surface area contributed by atoms with Gasteiger partial charge in [-0.1, -0.05) is 6.42 Å². The molecule has 0 rings (SSSR count). The van der Waals surface area contributed by atoms with Crippen LogP contribution in [-0.4, -0.2) is 93.8 Å². The van der Waals surface area contributed by atoms with Crippen molar-refractivity contribution in [1.82, 2.24) is 16.0 Å². The first-order chi connectivity index (χ1) is 15.9. The van der Waals surface area contributed by atoms with Crippen molar-refractivity contribution in [3.8, 4) is 0 Å². The summed E-state index contributed by atoms with van der Waals surface area (Å²) < 4.78 is 0. The molecule has 0 aliphatic rings. The van der Waals surface area contributed by atoms with Crippen LogP contribution in [0.3, 0.4) is 0 Å². The van der Waals surface area contributed by atoms with Crippen molar-refractivity contribution >= 4 is 41.4 Å². The molecule has 0 radical (unpaired) electrons. The molecular weight excluding hydrogens is 470 g/mol. The van der Waals surface area contributed by atoms with Crippen molar-refractivity contribution in [2.75, 3.05) is 18.6 Å². The van der Waals surface area contributed by atoms with Crippen LogP contribution in [0.4, 0.5) is 0 Å². The fraction of sp³-hybridized carbons (Fsp3) is 0.750. The van der Waals surface area contributed by atoms with Crippen LogP contribution < -0.4 is 27.4 Å². The highest BCUT2D eigenvalue weighted by Gasteiger charge is 2.32. The minimum Gasteiger partial charge on any atom is -0.481 e. The molecule has 0 aromatic rings. The monoisotopic (exact) mass is 507 g/mol. The highest BCUT2D eigenvalue weighted by atomic mass is 32.2. The van der Waals surface area contributed by atoms with Gasteiger partial charge in [0.25, 0.3) is 0 Å². The predicted octanol–water partition coefficient (Wildman–Crippen LogP) is -2.02. The maximum atomic E-state index is 12.8. The molecule has 0 heterocycles. The van der Waals surface area contributed by atoms with Gasteiger partial charge in [0.15, 0.2) is 0 Å². The maximum absolute atomic E-state index is 12.8. The number of carboxylic acids is 2. The molecular formula is C20H37N5O8S. The molecule has 0 aromatic carbocycles. The Bertz CT molecular complexity index is 694. The molecule has 0 saturated carbocycles. The fourth-order valence-electron chi connectivity index (χ4n) is 2.87. The van der Waals surface area contributed by atoms with Gasteiger partial charge in [0.05, 0.1) is 12.1 Å². The molecule has 5 atom stereocenters. The highest BCUT2D eigenvalue weighted by molar-refractivity contribution is 7.98. The zero-order chi connectivity index (χ0) is 26.3. The summed E-state index contributed by atoms with van der Waals surface area (Å²) in [6.45, 7) is 1.69. The number of aliphatic hydroxyl groups excluding tert-OH is 1. The van der Waals surface area contributed by atoms with Crippen molar-refractivity contribution < 1.29 is 39.3 Å². The van der Waals surface area contributed by atoms with Crippen molar-refractivity contribution in [3.05, 3.63) is 0 Å². The first-order valence-electron chi connectivity index (χ1n) is 10.9.